The number of rotatable bonds is 8. The van der Waals surface area contributed by atoms with Gasteiger partial charge in [0.2, 0.25) is 5.91 Å². The van der Waals surface area contributed by atoms with Crippen LogP contribution in [0.3, 0.4) is 0 Å². The molecule has 0 unspecified atom stereocenters. The van der Waals surface area contributed by atoms with E-state index in [0.717, 1.165) is 62.3 Å². The van der Waals surface area contributed by atoms with Gasteiger partial charge in [0, 0.05) is 31.1 Å². The zero-order valence-corrected chi connectivity index (χ0v) is 17.7. The predicted molar refractivity (Wildman–Crippen MR) is 112 cm³/mol. The summed E-state index contributed by atoms with van der Waals surface area (Å²) in [6, 6.07) is 7.77. The average Bonchev–Trinajstić information content (AvgIpc) is 3.21. The van der Waals surface area contributed by atoms with Crippen LogP contribution in [0.25, 0.3) is 0 Å². The molecule has 6 heteroatoms. The van der Waals surface area contributed by atoms with Crippen LogP contribution in [0.5, 0.6) is 0 Å². The molecule has 0 saturated carbocycles. The maximum atomic E-state index is 12.7. The molecule has 0 spiro atoms. The summed E-state index contributed by atoms with van der Waals surface area (Å²) < 4.78 is 1.97. The normalized spacial score (nSPS) is 16.5. The molecule has 0 N–H and O–H groups in total. The summed E-state index contributed by atoms with van der Waals surface area (Å²) in [6.45, 7) is 7.13. The zero-order valence-electron chi connectivity index (χ0n) is 17.0. The van der Waals surface area contributed by atoms with E-state index in [1.807, 2.05) is 35.3 Å². The van der Waals surface area contributed by atoms with Crippen molar-refractivity contribution in [2.75, 3.05) is 13.1 Å². The molecule has 0 bridgehead atoms. The van der Waals surface area contributed by atoms with Gasteiger partial charge in [-0.15, -0.1) is 0 Å². The first-order valence-electron chi connectivity index (χ1n) is 10.4. The van der Waals surface area contributed by atoms with Crippen LogP contribution >= 0.6 is 11.6 Å². The summed E-state index contributed by atoms with van der Waals surface area (Å²) in [5.41, 5.74) is 1.36. The van der Waals surface area contributed by atoms with Crippen LogP contribution in [0.1, 0.15) is 51.5 Å². The van der Waals surface area contributed by atoms with E-state index in [2.05, 4.69) is 28.8 Å². The highest BCUT2D eigenvalue weighted by Gasteiger charge is 2.41. The number of halogens is 1. The molecule has 1 aromatic carbocycles. The Bertz CT molecular complexity index is 732. The molecule has 152 valence electrons. The van der Waals surface area contributed by atoms with Crippen molar-refractivity contribution in [3.8, 4) is 0 Å². The third-order valence-corrected chi connectivity index (χ3v) is 6.70. The Hall–Kier alpha value is -1.88. The summed E-state index contributed by atoms with van der Waals surface area (Å²) in [4.78, 5) is 18.9. The monoisotopic (exact) mass is 402 g/mol. The van der Waals surface area contributed by atoms with Crippen molar-refractivity contribution >= 4 is 17.5 Å². The number of piperidine rings is 1. The molecule has 1 aliphatic heterocycles. The Kier molecular flexibility index (Phi) is 7.11. The molecule has 1 saturated heterocycles. The van der Waals surface area contributed by atoms with Gasteiger partial charge in [0.25, 0.3) is 0 Å². The molecule has 1 aliphatic rings. The number of aryl methyl sites for hydroxylation is 1. The molecule has 1 fully saturated rings. The first-order chi connectivity index (χ1) is 13.6. The second-order valence-electron chi connectivity index (χ2n) is 7.98. The Morgan fingerprint density at radius 3 is 2.43 bits per heavy atom. The second kappa shape index (κ2) is 9.55. The van der Waals surface area contributed by atoms with E-state index in [-0.39, 0.29) is 11.3 Å². The fraction of sp³-hybridized carbons (Fsp3) is 0.591. The Morgan fingerprint density at radius 1 is 1.18 bits per heavy atom. The molecule has 2 heterocycles. The van der Waals surface area contributed by atoms with Gasteiger partial charge < -0.3 is 4.90 Å². The van der Waals surface area contributed by atoms with E-state index >= 15 is 0 Å². The summed E-state index contributed by atoms with van der Waals surface area (Å²) in [6.07, 6.45) is 9.14. The van der Waals surface area contributed by atoms with Crippen LogP contribution in [0.4, 0.5) is 0 Å². The van der Waals surface area contributed by atoms with Crippen LogP contribution in [-0.2, 0) is 17.8 Å². The van der Waals surface area contributed by atoms with Crippen molar-refractivity contribution in [3.63, 3.8) is 0 Å². The van der Waals surface area contributed by atoms with Crippen molar-refractivity contribution in [2.45, 2.75) is 58.9 Å². The molecule has 0 atom stereocenters. The third kappa shape index (κ3) is 4.93. The number of nitrogens with zero attached hydrogens (tertiary/aromatic N) is 4. The first kappa shape index (κ1) is 20.8. The van der Waals surface area contributed by atoms with Crippen LogP contribution in [-0.4, -0.2) is 38.7 Å². The van der Waals surface area contributed by atoms with Gasteiger partial charge in [-0.05, 0) is 48.3 Å². The molecule has 1 amide bonds. The van der Waals surface area contributed by atoms with Crippen molar-refractivity contribution in [2.24, 2.45) is 11.3 Å². The average molecular weight is 403 g/mol. The maximum absolute atomic E-state index is 12.7. The maximum Gasteiger partial charge on any atom is 0.222 e. The molecule has 5 nitrogen and oxygen atoms in total. The number of hydrogen-bond acceptors (Lipinski definition) is 3. The summed E-state index contributed by atoms with van der Waals surface area (Å²) >= 11 is 5.94. The highest BCUT2D eigenvalue weighted by molar-refractivity contribution is 6.30. The fourth-order valence-electron chi connectivity index (χ4n) is 4.75. The molecule has 3 rings (SSSR count). The fourth-order valence-corrected chi connectivity index (χ4v) is 4.88. The quantitative estimate of drug-likeness (QED) is 0.647. The number of carbonyl (C=O) groups excluding carboxylic acids is 1. The van der Waals surface area contributed by atoms with Crippen LogP contribution in [0, 0.1) is 11.3 Å². The Balaban J connectivity index is 1.59. The molecule has 28 heavy (non-hydrogen) atoms. The molecule has 0 aliphatic carbocycles. The minimum Gasteiger partial charge on any atom is -0.343 e. The van der Waals surface area contributed by atoms with E-state index in [0.29, 0.717) is 12.3 Å². The molecule has 1 aromatic heterocycles. The number of likely N-dealkylation sites (tertiary alicyclic amines) is 1. The van der Waals surface area contributed by atoms with Gasteiger partial charge >= 0.3 is 0 Å². The summed E-state index contributed by atoms with van der Waals surface area (Å²) in [5.74, 6) is 0.900. The van der Waals surface area contributed by atoms with Gasteiger partial charge in [0.05, 0.1) is 0 Å². The largest absolute Gasteiger partial charge is 0.343 e. The molecule has 0 radical (unpaired) electrons. The predicted octanol–water partition coefficient (Wildman–Crippen LogP) is 4.61. The van der Waals surface area contributed by atoms with Gasteiger partial charge in [-0.25, -0.2) is 4.98 Å². The van der Waals surface area contributed by atoms with Crippen LogP contribution in [0.2, 0.25) is 5.02 Å². The molecule has 2 aromatic rings. The van der Waals surface area contributed by atoms with E-state index in [1.54, 1.807) is 6.33 Å². The van der Waals surface area contributed by atoms with Crippen molar-refractivity contribution < 1.29 is 4.79 Å². The lowest BCUT2D eigenvalue weighted by Gasteiger charge is -2.46. The minimum absolute atomic E-state index is 0.199. The Labute approximate surface area is 173 Å². The smallest absolute Gasteiger partial charge is 0.222 e. The van der Waals surface area contributed by atoms with E-state index in [9.17, 15) is 4.79 Å². The van der Waals surface area contributed by atoms with E-state index < -0.39 is 0 Å². The van der Waals surface area contributed by atoms with Gasteiger partial charge in [-0.1, -0.05) is 50.4 Å². The third-order valence-electron chi connectivity index (χ3n) is 6.45. The molecular formula is C22H31ClN4O. The lowest BCUT2D eigenvalue weighted by Crippen LogP contribution is -2.48. The van der Waals surface area contributed by atoms with Crippen molar-refractivity contribution in [3.05, 3.63) is 47.5 Å². The van der Waals surface area contributed by atoms with Gasteiger partial charge in [-0.3, -0.25) is 9.48 Å². The summed E-state index contributed by atoms with van der Waals surface area (Å²) in [5, 5.41) is 5.08. The number of amides is 1. The highest BCUT2D eigenvalue weighted by atomic mass is 35.5. The lowest BCUT2D eigenvalue weighted by atomic mass is 9.66. The van der Waals surface area contributed by atoms with Crippen molar-refractivity contribution in [1.29, 1.82) is 0 Å². The standard InChI is InChI=1S/C22H31ClN4O/c1-3-19(4-2)22(15-27-17-24-16-25-27)11-13-26(14-12-22)21(28)10-7-18-5-8-20(23)9-6-18/h5-6,8-9,16-17,19H,3-4,7,10-15H2,1-2H3. The van der Waals surface area contributed by atoms with Crippen LogP contribution in [0.15, 0.2) is 36.9 Å². The van der Waals surface area contributed by atoms with Crippen molar-refractivity contribution in [1.82, 2.24) is 19.7 Å². The second-order valence-corrected chi connectivity index (χ2v) is 8.41. The van der Waals surface area contributed by atoms with E-state index in [4.69, 9.17) is 11.6 Å². The first-order valence-corrected chi connectivity index (χ1v) is 10.8. The zero-order chi connectivity index (χ0) is 20.0. The van der Waals surface area contributed by atoms with Gasteiger partial charge in [0.15, 0.2) is 0 Å². The summed E-state index contributed by atoms with van der Waals surface area (Å²) in [7, 11) is 0. The van der Waals surface area contributed by atoms with E-state index in [1.165, 1.54) is 0 Å². The SMILES string of the molecule is CCC(CC)C1(Cn2cncn2)CCN(C(=O)CCc2ccc(Cl)cc2)CC1. The molecular weight excluding hydrogens is 372 g/mol. The topological polar surface area (TPSA) is 51.0 Å². The van der Waals surface area contributed by atoms with Gasteiger partial charge in [-0.2, -0.15) is 5.10 Å². The van der Waals surface area contributed by atoms with Crippen LogP contribution < -0.4 is 0 Å². The number of aromatic nitrogens is 3. The Morgan fingerprint density at radius 2 is 1.86 bits per heavy atom. The number of hydrogen-bond donors (Lipinski definition) is 0. The minimum atomic E-state index is 0.199. The number of benzene rings is 1. The highest BCUT2D eigenvalue weighted by Crippen LogP contribution is 2.43. The van der Waals surface area contributed by atoms with Gasteiger partial charge in [0.1, 0.15) is 12.7 Å². The lowest BCUT2D eigenvalue weighted by molar-refractivity contribution is -0.134. The number of carbonyl (C=O) groups is 1.